The third-order valence-corrected chi connectivity index (χ3v) is 2.54. The fraction of sp³-hybridized carbons (Fsp3) is 0.571. The number of para-hydroxylation sites is 1. The first kappa shape index (κ1) is 13.0. The number of benzene rings is 1. The zero-order valence-electron chi connectivity index (χ0n) is 10.6. The van der Waals surface area contributed by atoms with Gasteiger partial charge in [0.05, 0.1) is 0 Å². The highest BCUT2D eigenvalue weighted by Crippen LogP contribution is 2.16. The molecule has 1 atom stereocenters. The second-order valence-electron chi connectivity index (χ2n) is 4.11. The summed E-state index contributed by atoms with van der Waals surface area (Å²) < 4.78 is 5.78. The largest absolute Gasteiger partial charge is 0.360 e. The molecule has 0 saturated carbocycles. The summed E-state index contributed by atoms with van der Waals surface area (Å²) in [5, 5.41) is 3.46. The predicted molar refractivity (Wildman–Crippen MR) is 69.7 cm³/mol. The van der Waals surface area contributed by atoms with Gasteiger partial charge in [0.15, 0.2) is 0 Å². The van der Waals surface area contributed by atoms with Crippen LogP contribution in [-0.4, -0.2) is 12.8 Å². The van der Waals surface area contributed by atoms with Crippen LogP contribution in [0.2, 0.25) is 0 Å². The van der Waals surface area contributed by atoms with Gasteiger partial charge in [0.1, 0.15) is 6.23 Å². The summed E-state index contributed by atoms with van der Waals surface area (Å²) in [6.07, 6.45) is 3.39. The zero-order valence-corrected chi connectivity index (χ0v) is 10.6. The van der Waals surface area contributed by atoms with Crippen molar-refractivity contribution in [2.75, 3.05) is 11.9 Å². The van der Waals surface area contributed by atoms with Crippen molar-refractivity contribution in [3.63, 3.8) is 0 Å². The lowest BCUT2D eigenvalue weighted by molar-refractivity contribution is 0.0664. The fourth-order valence-electron chi connectivity index (χ4n) is 1.63. The minimum atomic E-state index is 0.144. The molecule has 1 aromatic carbocycles. The smallest absolute Gasteiger partial charge is 0.127 e. The Balaban J connectivity index is 2.56. The van der Waals surface area contributed by atoms with Crippen LogP contribution in [0.3, 0.4) is 0 Å². The van der Waals surface area contributed by atoms with Crippen molar-refractivity contribution in [1.29, 1.82) is 0 Å². The Bertz CT molecular complexity index is 299. The highest BCUT2D eigenvalue weighted by Gasteiger charge is 2.08. The number of ether oxygens (including phenoxy) is 1. The average Bonchev–Trinajstić information content (AvgIpc) is 2.29. The Labute approximate surface area is 99.0 Å². The van der Waals surface area contributed by atoms with Gasteiger partial charge in [-0.15, -0.1) is 0 Å². The lowest BCUT2D eigenvalue weighted by atomic mass is 10.2. The molecular formula is C14H23NO. The van der Waals surface area contributed by atoms with Crippen molar-refractivity contribution in [1.82, 2.24) is 0 Å². The minimum Gasteiger partial charge on any atom is -0.360 e. The van der Waals surface area contributed by atoms with E-state index < -0.39 is 0 Å². The number of hydrogen-bond acceptors (Lipinski definition) is 2. The summed E-state index contributed by atoms with van der Waals surface area (Å²) in [6.45, 7) is 7.26. The van der Waals surface area contributed by atoms with Crippen LogP contribution in [0.15, 0.2) is 24.3 Å². The highest BCUT2D eigenvalue weighted by molar-refractivity contribution is 5.50. The number of hydrogen-bond donors (Lipinski definition) is 1. The molecule has 1 rings (SSSR count). The van der Waals surface area contributed by atoms with E-state index in [0.717, 1.165) is 25.9 Å². The molecule has 0 amide bonds. The lowest BCUT2D eigenvalue weighted by Gasteiger charge is -2.20. The average molecular weight is 221 g/mol. The van der Waals surface area contributed by atoms with Crippen LogP contribution >= 0.6 is 0 Å². The molecule has 0 saturated heterocycles. The summed E-state index contributed by atoms with van der Waals surface area (Å²) >= 11 is 0. The molecule has 0 aliphatic rings. The molecule has 0 heterocycles. The second kappa shape index (κ2) is 7.29. The molecule has 0 bridgehead atoms. The molecule has 0 radical (unpaired) electrons. The molecule has 0 spiro atoms. The molecule has 0 fully saturated rings. The van der Waals surface area contributed by atoms with Crippen molar-refractivity contribution in [2.24, 2.45) is 0 Å². The van der Waals surface area contributed by atoms with Crippen molar-refractivity contribution >= 4 is 5.69 Å². The van der Waals surface area contributed by atoms with Crippen LogP contribution in [0.4, 0.5) is 5.69 Å². The van der Waals surface area contributed by atoms with Crippen molar-refractivity contribution in [3.8, 4) is 0 Å². The highest BCUT2D eigenvalue weighted by atomic mass is 16.5. The molecular weight excluding hydrogens is 198 g/mol. The van der Waals surface area contributed by atoms with Crippen molar-refractivity contribution in [3.05, 3.63) is 29.8 Å². The van der Waals surface area contributed by atoms with E-state index in [1.54, 1.807) is 0 Å². The molecule has 90 valence electrons. The van der Waals surface area contributed by atoms with Gasteiger partial charge in [0.2, 0.25) is 0 Å². The standard InChI is InChI=1S/C14H23NO/c1-4-8-14(16-11-5-2)15-13-10-7-6-9-12(13)3/h6-7,9-10,14-15H,4-5,8,11H2,1-3H3. The van der Waals surface area contributed by atoms with Crippen LogP contribution < -0.4 is 5.32 Å². The van der Waals surface area contributed by atoms with Gasteiger partial charge in [0, 0.05) is 12.3 Å². The van der Waals surface area contributed by atoms with Crippen LogP contribution in [0, 0.1) is 6.92 Å². The van der Waals surface area contributed by atoms with Crippen LogP contribution in [-0.2, 0) is 4.74 Å². The monoisotopic (exact) mass is 221 g/mol. The summed E-state index contributed by atoms with van der Waals surface area (Å²) in [7, 11) is 0. The maximum absolute atomic E-state index is 5.78. The predicted octanol–water partition coefficient (Wildman–Crippen LogP) is 3.96. The number of rotatable bonds is 7. The van der Waals surface area contributed by atoms with Gasteiger partial charge in [-0.3, -0.25) is 0 Å². The van der Waals surface area contributed by atoms with Gasteiger partial charge in [-0.25, -0.2) is 0 Å². The molecule has 1 aromatic rings. The molecule has 0 aromatic heterocycles. The molecule has 2 nitrogen and oxygen atoms in total. The molecule has 0 aliphatic carbocycles. The first-order chi connectivity index (χ1) is 7.77. The van der Waals surface area contributed by atoms with E-state index in [1.165, 1.54) is 11.3 Å². The molecule has 0 aliphatic heterocycles. The molecule has 16 heavy (non-hydrogen) atoms. The fourth-order valence-corrected chi connectivity index (χ4v) is 1.63. The second-order valence-corrected chi connectivity index (χ2v) is 4.11. The van der Waals surface area contributed by atoms with E-state index >= 15 is 0 Å². The van der Waals surface area contributed by atoms with Gasteiger partial charge >= 0.3 is 0 Å². The Hall–Kier alpha value is -1.02. The topological polar surface area (TPSA) is 21.3 Å². The summed E-state index contributed by atoms with van der Waals surface area (Å²) in [5.41, 5.74) is 2.45. The van der Waals surface area contributed by atoms with Crippen molar-refractivity contribution < 1.29 is 4.74 Å². The van der Waals surface area contributed by atoms with Gasteiger partial charge in [-0.2, -0.15) is 0 Å². The molecule has 2 heteroatoms. The molecule has 1 unspecified atom stereocenters. The van der Waals surface area contributed by atoms with Gasteiger partial charge < -0.3 is 10.1 Å². The lowest BCUT2D eigenvalue weighted by Crippen LogP contribution is -2.23. The summed E-state index contributed by atoms with van der Waals surface area (Å²) in [5.74, 6) is 0. The third kappa shape index (κ3) is 4.23. The van der Waals surface area contributed by atoms with Crippen LogP contribution in [0.25, 0.3) is 0 Å². The maximum Gasteiger partial charge on any atom is 0.127 e. The number of aryl methyl sites for hydroxylation is 1. The van der Waals surface area contributed by atoms with E-state index in [2.05, 4.69) is 50.4 Å². The first-order valence-corrected chi connectivity index (χ1v) is 6.21. The Morgan fingerprint density at radius 2 is 1.94 bits per heavy atom. The zero-order chi connectivity index (χ0) is 11.8. The van der Waals surface area contributed by atoms with Gasteiger partial charge in [0.25, 0.3) is 0 Å². The first-order valence-electron chi connectivity index (χ1n) is 6.21. The maximum atomic E-state index is 5.78. The summed E-state index contributed by atoms with van der Waals surface area (Å²) in [4.78, 5) is 0. The third-order valence-electron chi connectivity index (χ3n) is 2.54. The Morgan fingerprint density at radius 3 is 2.56 bits per heavy atom. The van der Waals surface area contributed by atoms with E-state index in [9.17, 15) is 0 Å². The SMILES string of the molecule is CCCOC(CCC)Nc1ccccc1C. The van der Waals surface area contributed by atoms with E-state index in [4.69, 9.17) is 4.74 Å². The quantitative estimate of drug-likeness (QED) is 0.704. The van der Waals surface area contributed by atoms with Gasteiger partial charge in [-0.05, 0) is 31.4 Å². The summed E-state index contributed by atoms with van der Waals surface area (Å²) in [6, 6.07) is 8.33. The Morgan fingerprint density at radius 1 is 1.19 bits per heavy atom. The molecule has 1 N–H and O–H groups in total. The van der Waals surface area contributed by atoms with E-state index in [1.807, 2.05) is 0 Å². The Kier molecular flexibility index (Phi) is 5.94. The van der Waals surface area contributed by atoms with Crippen LogP contribution in [0.1, 0.15) is 38.7 Å². The van der Waals surface area contributed by atoms with E-state index in [-0.39, 0.29) is 6.23 Å². The number of nitrogens with one attached hydrogen (secondary N) is 1. The number of anilines is 1. The normalized spacial score (nSPS) is 12.4. The van der Waals surface area contributed by atoms with Crippen molar-refractivity contribution in [2.45, 2.75) is 46.3 Å². The van der Waals surface area contributed by atoms with Gasteiger partial charge in [-0.1, -0.05) is 38.5 Å². The van der Waals surface area contributed by atoms with Crippen LogP contribution in [0.5, 0.6) is 0 Å². The minimum absolute atomic E-state index is 0.144. The van der Waals surface area contributed by atoms with E-state index in [0.29, 0.717) is 0 Å².